The van der Waals surface area contributed by atoms with Gasteiger partial charge in [0.05, 0.1) is 11.3 Å². The number of anilines is 1. The van der Waals surface area contributed by atoms with Gasteiger partial charge in [-0.3, -0.25) is 9.97 Å². The monoisotopic (exact) mass is 437 g/mol. The van der Waals surface area contributed by atoms with Crippen molar-refractivity contribution >= 4 is 17.8 Å². The zero-order chi connectivity index (χ0) is 23.2. The highest BCUT2D eigenvalue weighted by Gasteiger charge is 2.24. The van der Waals surface area contributed by atoms with Gasteiger partial charge in [-0.15, -0.1) is 0 Å². The fourth-order valence-corrected chi connectivity index (χ4v) is 3.60. The lowest BCUT2D eigenvalue weighted by atomic mass is 10.0. The molecule has 0 fully saturated rings. The number of hydrogen-bond donors (Lipinski definition) is 1. The van der Waals surface area contributed by atoms with E-state index in [9.17, 15) is 10.4 Å². The summed E-state index contributed by atoms with van der Waals surface area (Å²) in [5, 5.41) is 20.5. The fourth-order valence-electron chi connectivity index (χ4n) is 3.60. The van der Waals surface area contributed by atoms with Gasteiger partial charge < -0.3 is 14.4 Å². The number of aliphatic imine (C=N–C) groups is 1. The zero-order valence-corrected chi connectivity index (χ0v) is 18.4. The van der Waals surface area contributed by atoms with Gasteiger partial charge >= 0.3 is 0 Å². The summed E-state index contributed by atoms with van der Waals surface area (Å²) < 4.78 is 6.02. The fraction of sp³-hybridized carbons (Fsp3) is 0.154. The van der Waals surface area contributed by atoms with Crippen molar-refractivity contribution in [3.8, 4) is 34.5 Å². The summed E-state index contributed by atoms with van der Waals surface area (Å²) >= 11 is 0. The molecule has 7 nitrogen and oxygen atoms in total. The van der Waals surface area contributed by atoms with Gasteiger partial charge in [0.2, 0.25) is 5.88 Å². The number of phenols is 1. The number of nitrogens with zero attached hydrogens (tertiary/aromatic N) is 5. The first kappa shape index (κ1) is 21.8. The Morgan fingerprint density at radius 3 is 2.30 bits per heavy atom. The Morgan fingerprint density at radius 2 is 1.73 bits per heavy atom. The Kier molecular flexibility index (Phi) is 6.46. The summed E-state index contributed by atoms with van der Waals surface area (Å²) in [5.74, 6) is 0.647. The average Bonchev–Trinajstić information content (AvgIpc) is 3.24. The Morgan fingerprint density at radius 1 is 1.03 bits per heavy atom. The number of hydrogen-bond acceptors (Lipinski definition) is 7. The number of nitriles is 1. The third kappa shape index (κ3) is 4.46. The summed E-state index contributed by atoms with van der Waals surface area (Å²) in [6, 6.07) is 18.5. The number of phenolic OH excluding ortho intramolecular Hbond substituents is 1. The molecule has 1 N–H and O–H groups in total. The predicted octanol–water partition coefficient (Wildman–Crippen LogP) is 5.58. The minimum Gasteiger partial charge on any atom is -0.507 e. The molecule has 33 heavy (non-hydrogen) atoms. The van der Waals surface area contributed by atoms with Crippen molar-refractivity contribution in [3.05, 3.63) is 78.1 Å². The summed E-state index contributed by atoms with van der Waals surface area (Å²) in [6.07, 6.45) is 4.81. The summed E-state index contributed by atoms with van der Waals surface area (Å²) in [7, 11) is 0. The van der Waals surface area contributed by atoms with Crippen LogP contribution in [-0.2, 0) is 0 Å². The van der Waals surface area contributed by atoms with Crippen LogP contribution >= 0.6 is 0 Å². The van der Waals surface area contributed by atoms with Crippen LogP contribution in [0.5, 0.6) is 5.75 Å². The molecule has 4 rings (SSSR count). The van der Waals surface area contributed by atoms with Crippen molar-refractivity contribution in [3.63, 3.8) is 0 Å². The van der Waals surface area contributed by atoms with Crippen molar-refractivity contribution in [2.24, 2.45) is 4.99 Å². The van der Waals surface area contributed by atoms with E-state index in [1.807, 2.05) is 30.3 Å². The minimum absolute atomic E-state index is 0.100. The van der Waals surface area contributed by atoms with Gasteiger partial charge in [0, 0.05) is 49.0 Å². The van der Waals surface area contributed by atoms with Crippen LogP contribution in [0.2, 0.25) is 0 Å². The molecule has 0 aliphatic rings. The molecule has 0 saturated heterocycles. The van der Waals surface area contributed by atoms with E-state index in [1.165, 1.54) is 6.21 Å². The first-order chi connectivity index (χ1) is 16.2. The molecule has 1 aromatic carbocycles. The maximum absolute atomic E-state index is 10.5. The van der Waals surface area contributed by atoms with Crippen molar-refractivity contribution < 1.29 is 9.52 Å². The van der Waals surface area contributed by atoms with Gasteiger partial charge in [-0.2, -0.15) is 5.26 Å². The number of aromatic hydroxyl groups is 1. The third-order valence-corrected chi connectivity index (χ3v) is 5.28. The second-order valence-electron chi connectivity index (χ2n) is 7.20. The second kappa shape index (κ2) is 9.79. The van der Waals surface area contributed by atoms with Crippen LogP contribution in [0.1, 0.15) is 25.0 Å². The van der Waals surface area contributed by atoms with Crippen LogP contribution in [0.4, 0.5) is 11.6 Å². The molecule has 164 valence electrons. The lowest BCUT2D eigenvalue weighted by Crippen LogP contribution is -2.21. The Labute approximate surface area is 192 Å². The average molecular weight is 438 g/mol. The number of benzene rings is 1. The molecule has 0 bridgehead atoms. The van der Waals surface area contributed by atoms with E-state index in [-0.39, 0.29) is 17.2 Å². The molecule has 3 aromatic heterocycles. The molecule has 0 unspecified atom stereocenters. The number of aromatic nitrogens is 2. The Bertz CT molecular complexity index is 1300. The van der Waals surface area contributed by atoms with Crippen molar-refractivity contribution in [1.82, 2.24) is 9.97 Å². The quantitative estimate of drug-likeness (QED) is 0.379. The molecule has 0 amide bonds. The summed E-state index contributed by atoms with van der Waals surface area (Å²) in [4.78, 5) is 15.3. The Hall–Kier alpha value is -4.44. The molecular formula is C26H23N5O2. The topological polar surface area (TPSA) is 98.5 Å². The van der Waals surface area contributed by atoms with Gasteiger partial charge in [0.1, 0.15) is 23.1 Å². The van der Waals surface area contributed by atoms with Gasteiger partial charge in [-0.05, 0) is 50.2 Å². The van der Waals surface area contributed by atoms with Crippen LogP contribution in [0.25, 0.3) is 22.7 Å². The molecule has 3 heterocycles. The molecule has 0 aliphatic heterocycles. The molecular weight excluding hydrogens is 414 g/mol. The first-order valence-electron chi connectivity index (χ1n) is 10.7. The largest absolute Gasteiger partial charge is 0.507 e. The zero-order valence-electron chi connectivity index (χ0n) is 18.4. The lowest BCUT2D eigenvalue weighted by Gasteiger charge is -2.21. The van der Waals surface area contributed by atoms with E-state index in [1.54, 1.807) is 36.7 Å². The van der Waals surface area contributed by atoms with Gasteiger partial charge in [-0.1, -0.05) is 12.1 Å². The highest BCUT2D eigenvalue weighted by atomic mass is 16.4. The summed E-state index contributed by atoms with van der Waals surface area (Å²) in [6.45, 7) is 5.81. The van der Waals surface area contributed by atoms with Crippen LogP contribution in [0.3, 0.4) is 0 Å². The number of furan rings is 1. The predicted molar refractivity (Wildman–Crippen MR) is 129 cm³/mol. The van der Waals surface area contributed by atoms with Crippen LogP contribution in [-0.4, -0.2) is 34.4 Å². The Balaban J connectivity index is 1.79. The standard InChI is InChI=1S/C26H23N5O2/c1-3-31(4-2)19-12-11-18(23(32)15-19)17-30-26-20(16-27)24(21-9-5-7-13-28-21)25(33-26)22-10-6-8-14-29-22/h5-15,17,32H,3-4H2,1-2H3. The molecule has 0 aliphatic carbocycles. The highest BCUT2D eigenvalue weighted by Crippen LogP contribution is 2.41. The smallest absolute Gasteiger partial charge is 0.238 e. The molecule has 0 atom stereocenters. The van der Waals surface area contributed by atoms with Gasteiger partial charge in [-0.25, -0.2) is 4.99 Å². The maximum atomic E-state index is 10.5. The van der Waals surface area contributed by atoms with E-state index < -0.39 is 0 Å². The number of rotatable bonds is 7. The van der Waals surface area contributed by atoms with E-state index in [4.69, 9.17) is 4.42 Å². The van der Waals surface area contributed by atoms with E-state index in [2.05, 4.69) is 39.8 Å². The number of pyridine rings is 2. The second-order valence-corrected chi connectivity index (χ2v) is 7.20. The normalized spacial score (nSPS) is 10.9. The third-order valence-electron chi connectivity index (χ3n) is 5.28. The molecule has 7 heteroatoms. The van der Waals surface area contributed by atoms with Crippen LogP contribution < -0.4 is 4.90 Å². The van der Waals surface area contributed by atoms with Gasteiger partial charge in [0.15, 0.2) is 5.76 Å². The van der Waals surface area contributed by atoms with E-state index in [0.29, 0.717) is 28.3 Å². The molecule has 0 radical (unpaired) electrons. The summed E-state index contributed by atoms with van der Waals surface area (Å²) in [5.41, 5.74) is 3.40. The van der Waals surface area contributed by atoms with E-state index >= 15 is 0 Å². The highest BCUT2D eigenvalue weighted by molar-refractivity contribution is 5.89. The molecule has 0 spiro atoms. The molecule has 4 aromatic rings. The van der Waals surface area contributed by atoms with Crippen molar-refractivity contribution in [1.29, 1.82) is 5.26 Å². The van der Waals surface area contributed by atoms with Gasteiger partial charge in [0.25, 0.3) is 0 Å². The van der Waals surface area contributed by atoms with Crippen LogP contribution in [0.15, 0.2) is 76.4 Å². The molecule has 0 saturated carbocycles. The van der Waals surface area contributed by atoms with Crippen molar-refractivity contribution in [2.75, 3.05) is 18.0 Å². The first-order valence-corrected chi connectivity index (χ1v) is 10.7. The minimum atomic E-state index is 0.100. The van der Waals surface area contributed by atoms with Crippen molar-refractivity contribution in [2.45, 2.75) is 13.8 Å². The maximum Gasteiger partial charge on any atom is 0.238 e. The van der Waals surface area contributed by atoms with E-state index in [0.717, 1.165) is 18.8 Å². The lowest BCUT2D eigenvalue weighted by molar-refractivity contribution is 0.474. The SMILES string of the molecule is CCN(CC)c1ccc(C=Nc2oc(-c3ccccn3)c(-c3ccccn3)c2C#N)c(O)c1. The van der Waals surface area contributed by atoms with Crippen LogP contribution in [0, 0.1) is 11.3 Å².